The van der Waals surface area contributed by atoms with Crippen molar-refractivity contribution in [2.24, 2.45) is 5.92 Å². The highest BCUT2D eigenvalue weighted by atomic mass is 16.4. The van der Waals surface area contributed by atoms with Gasteiger partial charge in [0.25, 0.3) is 0 Å². The van der Waals surface area contributed by atoms with Gasteiger partial charge in [-0.2, -0.15) is 0 Å². The van der Waals surface area contributed by atoms with Gasteiger partial charge in [-0.1, -0.05) is 0 Å². The van der Waals surface area contributed by atoms with Crippen molar-refractivity contribution in [2.75, 3.05) is 6.54 Å². The van der Waals surface area contributed by atoms with E-state index in [9.17, 15) is 9.59 Å². The molecule has 6 heteroatoms. The van der Waals surface area contributed by atoms with E-state index in [4.69, 9.17) is 5.11 Å². The molecule has 2 aromatic rings. The van der Waals surface area contributed by atoms with E-state index in [1.807, 2.05) is 26.0 Å². The molecule has 0 aliphatic carbocycles. The molecule has 1 aromatic heterocycles. The van der Waals surface area contributed by atoms with E-state index in [1.54, 1.807) is 4.90 Å². The number of nitrogens with one attached hydrogen (secondary N) is 1. The maximum Gasteiger partial charge on any atom is 0.308 e. The first-order chi connectivity index (χ1) is 9.94. The van der Waals surface area contributed by atoms with Gasteiger partial charge in [0.15, 0.2) is 0 Å². The third-order valence-corrected chi connectivity index (χ3v) is 4.05. The predicted molar refractivity (Wildman–Crippen MR) is 76.7 cm³/mol. The molecule has 1 atom stereocenters. The molecule has 6 nitrogen and oxygen atoms in total. The maximum absolute atomic E-state index is 11.8. The van der Waals surface area contributed by atoms with Crippen LogP contribution in [-0.2, 0) is 16.1 Å². The number of carbonyl (C=O) groups excluding carboxylic acids is 1. The van der Waals surface area contributed by atoms with Crippen molar-refractivity contribution in [3.63, 3.8) is 0 Å². The molecule has 1 aliphatic rings. The number of H-pyrrole nitrogens is 1. The zero-order valence-electron chi connectivity index (χ0n) is 12.0. The van der Waals surface area contributed by atoms with Gasteiger partial charge >= 0.3 is 5.97 Å². The highest BCUT2D eigenvalue weighted by Crippen LogP contribution is 2.22. The van der Waals surface area contributed by atoms with Gasteiger partial charge in [-0.15, -0.1) is 0 Å². The SMILES string of the molecule is Cc1cc2nc(CN3C[C@H](C(=O)O)CC3=O)[nH]c2cc1C. The molecular formula is C15H17N3O3. The van der Waals surface area contributed by atoms with Crippen molar-refractivity contribution in [3.05, 3.63) is 29.1 Å². The number of amides is 1. The van der Waals surface area contributed by atoms with Gasteiger partial charge in [-0.3, -0.25) is 9.59 Å². The summed E-state index contributed by atoms with van der Waals surface area (Å²) in [4.78, 5) is 32.0. The smallest absolute Gasteiger partial charge is 0.308 e. The Morgan fingerprint density at radius 1 is 1.43 bits per heavy atom. The Bertz CT molecular complexity index is 696. The van der Waals surface area contributed by atoms with Gasteiger partial charge in [0, 0.05) is 13.0 Å². The second-order valence-electron chi connectivity index (χ2n) is 5.65. The molecule has 1 aliphatic heterocycles. The Balaban J connectivity index is 1.82. The molecule has 0 bridgehead atoms. The number of carbonyl (C=O) groups is 2. The van der Waals surface area contributed by atoms with Crippen molar-refractivity contribution >= 4 is 22.9 Å². The first-order valence-corrected chi connectivity index (χ1v) is 6.90. The van der Waals surface area contributed by atoms with Gasteiger partial charge in [-0.25, -0.2) is 4.98 Å². The zero-order chi connectivity index (χ0) is 15.1. The zero-order valence-corrected chi connectivity index (χ0v) is 12.0. The molecule has 0 spiro atoms. The third kappa shape index (κ3) is 2.49. The van der Waals surface area contributed by atoms with Crippen LogP contribution in [0.2, 0.25) is 0 Å². The Labute approximate surface area is 121 Å². The normalized spacial score (nSPS) is 18.7. The second kappa shape index (κ2) is 4.87. The maximum atomic E-state index is 11.8. The quantitative estimate of drug-likeness (QED) is 0.898. The van der Waals surface area contributed by atoms with Crippen LogP contribution >= 0.6 is 0 Å². The minimum absolute atomic E-state index is 0.0772. The monoisotopic (exact) mass is 287 g/mol. The first-order valence-electron chi connectivity index (χ1n) is 6.90. The molecule has 2 heterocycles. The average Bonchev–Trinajstić information content (AvgIpc) is 2.95. The summed E-state index contributed by atoms with van der Waals surface area (Å²) in [6, 6.07) is 4.05. The standard InChI is InChI=1S/C15H17N3O3/c1-8-3-11-12(4-9(8)2)17-13(16-11)7-18-6-10(15(20)21)5-14(18)19/h3-4,10H,5-7H2,1-2H3,(H,16,17)(H,20,21)/t10-/m1/s1. The fourth-order valence-electron chi connectivity index (χ4n) is 2.67. The predicted octanol–water partition coefficient (Wildman–Crippen LogP) is 1.61. The number of rotatable bonds is 3. The van der Waals surface area contributed by atoms with Crippen LogP contribution in [-0.4, -0.2) is 38.4 Å². The molecule has 21 heavy (non-hydrogen) atoms. The van der Waals surface area contributed by atoms with Gasteiger partial charge < -0.3 is 15.0 Å². The van der Waals surface area contributed by atoms with E-state index in [0.717, 1.165) is 11.0 Å². The van der Waals surface area contributed by atoms with Gasteiger partial charge in [-0.05, 0) is 37.1 Å². The number of aromatic nitrogens is 2. The first kappa shape index (κ1) is 13.6. The van der Waals surface area contributed by atoms with Gasteiger partial charge in [0.05, 0.1) is 23.5 Å². The lowest BCUT2D eigenvalue weighted by molar-refractivity contribution is -0.141. The van der Waals surface area contributed by atoms with Crippen LogP contribution in [0.1, 0.15) is 23.4 Å². The average molecular weight is 287 g/mol. The molecule has 0 unspecified atom stereocenters. The van der Waals surface area contributed by atoms with E-state index in [1.165, 1.54) is 11.1 Å². The number of hydrogen-bond acceptors (Lipinski definition) is 3. The van der Waals surface area contributed by atoms with Crippen molar-refractivity contribution in [2.45, 2.75) is 26.8 Å². The molecule has 0 saturated carbocycles. The minimum atomic E-state index is -0.915. The Kier molecular flexibility index (Phi) is 3.16. The Hall–Kier alpha value is -2.37. The summed E-state index contributed by atoms with van der Waals surface area (Å²) in [5.41, 5.74) is 4.16. The van der Waals surface area contributed by atoms with Crippen LogP contribution in [0.25, 0.3) is 11.0 Å². The summed E-state index contributed by atoms with van der Waals surface area (Å²) in [5.74, 6) is -0.960. The van der Waals surface area contributed by atoms with Crippen molar-refractivity contribution in [1.82, 2.24) is 14.9 Å². The van der Waals surface area contributed by atoms with Crippen LogP contribution in [0.4, 0.5) is 0 Å². The number of nitrogens with zero attached hydrogens (tertiary/aromatic N) is 2. The fourth-order valence-corrected chi connectivity index (χ4v) is 2.67. The van der Waals surface area contributed by atoms with Crippen LogP contribution in [0.5, 0.6) is 0 Å². The molecule has 1 amide bonds. The van der Waals surface area contributed by atoms with Crippen LogP contribution in [0.15, 0.2) is 12.1 Å². The summed E-state index contributed by atoms with van der Waals surface area (Å²) >= 11 is 0. The van der Waals surface area contributed by atoms with E-state index >= 15 is 0 Å². The Morgan fingerprint density at radius 2 is 2.14 bits per heavy atom. The number of fused-ring (bicyclic) bond motifs is 1. The van der Waals surface area contributed by atoms with E-state index < -0.39 is 11.9 Å². The largest absolute Gasteiger partial charge is 0.481 e. The Morgan fingerprint density at radius 3 is 2.81 bits per heavy atom. The van der Waals surface area contributed by atoms with Gasteiger partial charge in [0.2, 0.25) is 5.91 Å². The molecular weight excluding hydrogens is 270 g/mol. The third-order valence-electron chi connectivity index (χ3n) is 4.05. The van der Waals surface area contributed by atoms with Crippen LogP contribution in [0, 0.1) is 19.8 Å². The summed E-state index contributed by atoms with van der Waals surface area (Å²) in [7, 11) is 0. The van der Waals surface area contributed by atoms with Gasteiger partial charge in [0.1, 0.15) is 5.82 Å². The highest BCUT2D eigenvalue weighted by Gasteiger charge is 2.34. The number of aryl methyl sites for hydroxylation is 2. The number of aliphatic carboxylic acids is 1. The number of likely N-dealkylation sites (tertiary alicyclic amines) is 1. The summed E-state index contributed by atoms with van der Waals surface area (Å²) in [6.07, 6.45) is 0.0772. The molecule has 3 rings (SSSR count). The lowest BCUT2D eigenvalue weighted by Crippen LogP contribution is -2.26. The highest BCUT2D eigenvalue weighted by molar-refractivity contribution is 5.86. The molecule has 1 aromatic carbocycles. The van der Waals surface area contributed by atoms with Crippen molar-refractivity contribution < 1.29 is 14.7 Å². The van der Waals surface area contributed by atoms with E-state index in [0.29, 0.717) is 12.4 Å². The lowest BCUT2D eigenvalue weighted by atomic mass is 10.1. The summed E-state index contributed by atoms with van der Waals surface area (Å²) in [5, 5.41) is 8.99. The van der Waals surface area contributed by atoms with Crippen LogP contribution < -0.4 is 0 Å². The number of carboxylic acid groups (broad SMARTS) is 1. The molecule has 2 N–H and O–H groups in total. The number of benzene rings is 1. The summed E-state index contributed by atoms with van der Waals surface area (Å²) < 4.78 is 0. The number of carboxylic acids is 1. The summed E-state index contributed by atoms with van der Waals surface area (Å²) in [6.45, 7) is 4.65. The topological polar surface area (TPSA) is 86.3 Å². The molecule has 0 radical (unpaired) electrons. The lowest BCUT2D eigenvalue weighted by Gasteiger charge is -2.13. The van der Waals surface area contributed by atoms with E-state index in [2.05, 4.69) is 9.97 Å². The van der Waals surface area contributed by atoms with Crippen LogP contribution in [0.3, 0.4) is 0 Å². The minimum Gasteiger partial charge on any atom is -0.481 e. The number of aromatic amines is 1. The van der Waals surface area contributed by atoms with E-state index in [-0.39, 0.29) is 18.9 Å². The van der Waals surface area contributed by atoms with Crippen molar-refractivity contribution in [1.29, 1.82) is 0 Å². The molecule has 1 saturated heterocycles. The second-order valence-corrected chi connectivity index (χ2v) is 5.65. The fraction of sp³-hybridized carbons (Fsp3) is 0.400. The number of imidazole rings is 1. The number of hydrogen-bond donors (Lipinski definition) is 2. The molecule has 110 valence electrons. The molecule has 1 fully saturated rings. The van der Waals surface area contributed by atoms with Crippen molar-refractivity contribution in [3.8, 4) is 0 Å².